The lowest BCUT2D eigenvalue weighted by Gasteiger charge is -2.28. The van der Waals surface area contributed by atoms with Crippen LogP contribution in [0.4, 0.5) is 4.79 Å². The molecule has 0 radical (unpaired) electrons. The van der Waals surface area contributed by atoms with Crippen LogP contribution in [0.15, 0.2) is 0 Å². The normalized spacial score (nSPS) is 22.6. The number of hydrogen-bond donors (Lipinski definition) is 3. The van der Waals surface area contributed by atoms with Crippen LogP contribution in [0.1, 0.15) is 27.2 Å². The average molecular weight is 257 g/mol. The van der Waals surface area contributed by atoms with Crippen LogP contribution in [0.2, 0.25) is 0 Å². The highest BCUT2D eigenvalue weighted by Crippen LogP contribution is 2.19. The molecule has 0 aromatic carbocycles. The lowest BCUT2D eigenvalue weighted by Crippen LogP contribution is -2.54. The van der Waals surface area contributed by atoms with Crippen molar-refractivity contribution >= 4 is 12.0 Å². The van der Waals surface area contributed by atoms with E-state index in [0.717, 1.165) is 19.5 Å². The maximum Gasteiger partial charge on any atom is 0.326 e. The number of likely N-dealkylation sites (N-methyl/N-ethyl adjacent to an activating group) is 1. The molecule has 0 aromatic heterocycles. The van der Waals surface area contributed by atoms with Gasteiger partial charge in [0.15, 0.2) is 0 Å². The number of likely N-dealkylation sites (tertiary alicyclic amines) is 1. The van der Waals surface area contributed by atoms with Crippen LogP contribution in [0.5, 0.6) is 0 Å². The van der Waals surface area contributed by atoms with E-state index in [-0.39, 0.29) is 6.04 Å². The van der Waals surface area contributed by atoms with Crippen LogP contribution in [0.25, 0.3) is 0 Å². The van der Waals surface area contributed by atoms with Gasteiger partial charge in [-0.05, 0) is 25.4 Å². The first-order chi connectivity index (χ1) is 8.20. The van der Waals surface area contributed by atoms with E-state index in [2.05, 4.69) is 15.5 Å². The lowest BCUT2D eigenvalue weighted by atomic mass is 9.87. The van der Waals surface area contributed by atoms with Crippen molar-refractivity contribution in [1.82, 2.24) is 15.5 Å². The van der Waals surface area contributed by atoms with Gasteiger partial charge in [0.2, 0.25) is 0 Å². The molecule has 1 heterocycles. The third kappa shape index (κ3) is 4.18. The Bertz CT molecular complexity index is 325. The van der Waals surface area contributed by atoms with Crippen LogP contribution in [0.3, 0.4) is 0 Å². The number of aliphatic carboxylic acids is 1. The van der Waals surface area contributed by atoms with Gasteiger partial charge in [-0.25, -0.2) is 9.59 Å². The number of rotatable bonds is 3. The SMILES string of the molecule is CN1CCC(NC(=O)N[C@H](C(=O)O)C(C)(C)C)C1. The van der Waals surface area contributed by atoms with E-state index in [1.54, 1.807) is 20.8 Å². The van der Waals surface area contributed by atoms with Crippen LogP contribution < -0.4 is 10.6 Å². The average Bonchev–Trinajstić information content (AvgIpc) is 2.58. The van der Waals surface area contributed by atoms with Crippen molar-refractivity contribution in [2.75, 3.05) is 20.1 Å². The topological polar surface area (TPSA) is 81.7 Å². The second kappa shape index (κ2) is 5.56. The van der Waals surface area contributed by atoms with Crippen LogP contribution >= 0.6 is 0 Å². The highest BCUT2D eigenvalue weighted by Gasteiger charge is 2.33. The molecule has 1 unspecified atom stereocenters. The maximum atomic E-state index is 11.8. The first kappa shape index (κ1) is 14.8. The molecule has 0 aliphatic carbocycles. The van der Waals surface area contributed by atoms with Crippen molar-refractivity contribution in [2.24, 2.45) is 5.41 Å². The number of carbonyl (C=O) groups is 2. The molecule has 104 valence electrons. The summed E-state index contributed by atoms with van der Waals surface area (Å²) in [5, 5.41) is 14.5. The number of nitrogens with one attached hydrogen (secondary N) is 2. The molecule has 0 saturated carbocycles. The zero-order chi connectivity index (χ0) is 13.9. The van der Waals surface area contributed by atoms with E-state index < -0.39 is 23.5 Å². The number of carbonyl (C=O) groups excluding carboxylic acids is 1. The molecule has 3 N–H and O–H groups in total. The molecular weight excluding hydrogens is 234 g/mol. The smallest absolute Gasteiger partial charge is 0.326 e. The first-order valence-corrected chi connectivity index (χ1v) is 6.18. The molecule has 0 bridgehead atoms. The van der Waals surface area contributed by atoms with Gasteiger partial charge in [-0.1, -0.05) is 20.8 Å². The van der Waals surface area contributed by atoms with Crippen molar-refractivity contribution in [3.8, 4) is 0 Å². The molecule has 0 spiro atoms. The van der Waals surface area contributed by atoms with E-state index in [1.165, 1.54) is 0 Å². The van der Waals surface area contributed by atoms with Gasteiger partial charge in [-0.3, -0.25) is 0 Å². The van der Waals surface area contributed by atoms with Crippen LogP contribution in [-0.4, -0.2) is 54.2 Å². The minimum Gasteiger partial charge on any atom is -0.480 e. The fourth-order valence-electron chi connectivity index (χ4n) is 2.06. The van der Waals surface area contributed by atoms with E-state index in [1.807, 2.05) is 7.05 Å². The van der Waals surface area contributed by atoms with Gasteiger partial charge in [0.1, 0.15) is 6.04 Å². The molecule has 1 aliphatic rings. The molecule has 1 fully saturated rings. The summed E-state index contributed by atoms with van der Waals surface area (Å²) in [6, 6.07) is -1.20. The third-order valence-corrected chi connectivity index (χ3v) is 3.11. The van der Waals surface area contributed by atoms with Gasteiger partial charge in [0.25, 0.3) is 0 Å². The van der Waals surface area contributed by atoms with Gasteiger partial charge in [-0.15, -0.1) is 0 Å². The predicted octanol–water partition coefficient (Wildman–Crippen LogP) is 0.489. The van der Waals surface area contributed by atoms with Gasteiger partial charge >= 0.3 is 12.0 Å². The van der Waals surface area contributed by atoms with E-state index in [9.17, 15) is 9.59 Å². The highest BCUT2D eigenvalue weighted by molar-refractivity contribution is 5.83. The van der Waals surface area contributed by atoms with Gasteiger partial charge in [0.05, 0.1) is 0 Å². The highest BCUT2D eigenvalue weighted by atomic mass is 16.4. The Kier molecular flexibility index (Phi) is 4.56. The maximum absolute atomic E-state index is 11.8. The number of amides is 2. The second-order valence-electron chi connectivity index (χ2n) is 6.00. The van der Waals surface area contributed by atoms with Crippen molar-refractivity contribution in [2.45, 2.75) is 39.3 Å². The largest absolute Gasteiger partial charge is 0.480 e. The Balaban J connectivity index is 2.49. The van der Waals surface area contributed by atoms with Crippen molar-refractivity contribution in [1.29, 1.82) is 0 Å². The minimum atomic E-state index is -1.01. The van der Waals surface area contributed by atoms with Gasteiger partial charge in [-0.2, -0.15) is 0 Å². The summed E-state index contributed by atoms with van der Waals surface area (Å²) in [5.74, 6) is -1.01. The van der Waals surface area contributed by atoms with Crippen LogP contribution in [0, 0.1) is 5.41 Å². The summed E-state index contributed by atoms with van der Waals surface area (Å²) < 4.78 is 0. The Morgan fingerprint density at radius 3 is 2.39 bits per heavy atom. The number of nitrogens with zero attached hydrogens (tertiary/aromatic N) is 1. The van der Waals surface area contributed by atoms with E-state index in [4.69, 9.17) is 5.11 Å². The number of urea groups is 1. The monoisotopic (exact) mass is 257 g/mol. The number of carboxylic acids is 1. The molecule has 1 saturated heterocycles. The van der Waals surface area contributed by atoms with Crippen LogP contribution in [-0.2, 0) is 4.79 Å². The number of hydrogen-bond acceptors (Lipinski definition) is 3. The fourth-order valence-corrected chi connectivity index (χ4v) is 2.06. The second-order valence-corrected chi connectivity index (χ2v) is 6.00. The van der Waals surface area contributed by atoms with Gasteiger partial charge < -0.3 is 20.6 Å². The van der Waals surface area contributed by atoms with E-state index in [0.29, 0.717) is 0 Å². The molecule has 2 atom stereocenters. The third-order valence-electron chi connectivity index (χ3n) is 3.11. The molecule has 1 rings (SSSR count). The summed E-state index contributed by atoms with van der Waals surface area (Å²) in [7, 11) is 1.99. The summed E-state index contributed by atoms with van der Waals surface area (Å²) in [6.45, 7) is 7.12. The summed E-state index contributed by atoms with van der Waals surface area (Å²) >= 11 is 0. The number of carboxylic acid groups (broad SMARTS) is 1. The van der Waals surface area contributed by atoms with E-state index >= 15 is 0 Å². The molecule has 6 nitrogen and oxygen atoms in total. The fraction of sp³-hybridized carbons (Fsp3) is 0.833. The molecule has 6 heteroatoms. The minimum absolute atomic E-state index is 0.101. The zero-order valence-corrected chi connectivity index (χ0v) is 11.5. The zero-order valence-electron chi connectivity index (χ0n) is 11.5. The Labute approximate surface area is 108 Å². The lowest BCUT2D eigenvalue weighted by molar-refractivity contribution is -0.141. The predicted molar refractivity (Wildman–Crippen MR) is 68.4 cm³/mol. The Morgan fingerprint density at radius 2 is 2.00 bits per heavy atom. The standard InChI is InChI=1S/C12H23N3O3/c1-12(2,3)9(10(16)17)14-11(18)13-8-5-6-15(4)7-8/h8-9H,5-7H2,1-4H3,(H,16,17)(H2,13,14,18)/t8?,9-/m1/s1. The summed E-state index contributed by atoms with van der Waals surface area (Å²) in [4.78, 5) is 25.0. The first-order valence-electron chi connectivity index (χ1n) is 6.18. The van der Waals surface area contributed by atoms with Crippen molar-refractivity contribution < 1.29 is 14.7 Å². The molecule has 2 amide bonds. The summed E-state index contributed by atoms with van der Waals surface area (Å²) in [5.41, 5.74) is -0.518. The molecular formula is C12H23N3O3. The molecule has 18 heavy (non-hydrogen) atoms. The van der Waals surface area contributed by atoms with Gasteiger partial charge in [0, 0.05) is 12.6 Å². The Hall–Kier alpha value is -1.30. The quantitative estimate of drug-likeness (QED) is 0.687. The molecule has 1 aliphatic heterocycles. The Morgan fingerprint density at radius 1 is 1.39 bits per heavy atom. The molecule has 0 aromatic rings. The van der Waals surface area contributed by atoms with Crippen molar-refractivity contribution in [3.63, 3.8) is 0 Å². The van der Waals surface area contributed by atoms with Crippen molar-refractivity contribution in [3.05, 3.63) is 0 Å². The summed E-state index contributed by atoms with van der Waals surface area (Å²) in [6.07, 6.45) is 0.900.